The first kappa shape index (κ1) is 69.2. The van der Waals surface area contributed by atoms with Gasteiger partial charge in [-0.1, -0.05) is 255 Å². The van der Waals surface area contributed by atoms with E-state index in [2.05, 4.69) is 223 Å². The van der Waals surface area contributed by atoms with Crippen molar-refractivity contribution in [3.05, 3.63) is 377 Å². The third kappa shape index (κ3) is 12.9. The lowest BCUT2D eigenvalue weighted by Crippen LogP contribution is -2.00. The van der Waals surface area contributed by atoms with Gasteiger partial charge in [0.2, 0.25) is 11.8 Å². The second-order valence-electron chi connectivity index (χ2n) is 29.2. The second-order valence-corrected chi connectivity index (χ2v) is 29.2. The molecule has 0 aliphatic carbocycles. The van der Waals surface area contributed by atoms with E-state index in [0.717, 1.165) is 181 Å². The molecular weight excluding hydrogens is 1460 g/mol. The average molecular weight is 1520 g/mol. The summed E-state index contributed by atoms with van der Waals surface area (Å²) in [5.74, 6) is 2.86. The molecule has 0 amide bonds. The number of aromatic nitrogens is 14. The van der Waals surface area contributed by atoms with Gasteiger partial charge in [-0.3, -0.25) is 29.9 Å². The molecule has 15 nitrogen and oxygen atoms in total. The maximum atomic E-state index is 5.88. The van der Waals surface area contributed by atoms with Gasteiger partial charge in [0.1, 0.15) is 0 Å². The van der Waals surface area contributed by atoms with E-state index in [1.165, 1.54) is 21.5 Å². The van der Waals surface area contributed by atoms with E-state index in [9.17, 15) is 0 Å². The SMILES string of the molecule is c1ccc(-c2nc(-c3ccccc3)nc(-c3ccc(-c4ccc5ccc6c7ccc8cccnc8c7ccc6c5n4)cc3)n2)cc1.c1ccc2ncc(-c3ccc(-c4ccc5ccc6c7ccc8cccnc8c7ccc6c5n4)nc3)cc2c1.c1cnc2c(c1)ccc1ccc3ccc(-c4ccc(-c5nnc(-c6ccncc6)o5)cc4)nc3c12. The molecule has 0 bridgehead atoms. The lowest BCUT2D eigenvalue weighted by atomic mass is 9.97. The fourth-order valence-corrected chi connectivity index (χ4v) is 16.1. The van der Waals surface area contributed by atoms with Gasteiger partial charge >= 0.3 is 0 Å². The first-order valence-electron chi connectivity index (χ1n) is 39.1. The first-order valence-corrected chi connectivity index (χ1v) is 39.1. The molecule has 0 aliphatic rings. The van der Waals surface area contributed by atoms with E-state index in [4.69, 9.17) is 39.3 Å². The highest BCUT2D eigenvalue weighted by Crippen LogP contribution is 2.40. The molecule has 0 atom stereocenters. The number of benzene rings is 13. The zero-order valence-electron chi connectivity index (χ0n) is 63.5. The first-order chi connectivity index (χ1) is 58.9. The normalized spacial score (nSPS) is 11.5. The van der Waals surface area contributed by atoms with Crippen LogP contribution in [0.15, 0.2) is 381 Å². The minimum absolute atomic E-state index is 0.468. The Morgan fingerprint density at radius 2 is 0.563 bits per heavy atom. The van der Waals surface area contributed by atoms with Crippen LogP contribution in [0.5, 0.6) is 0 Å². The Morgan fingerprint density at radius 1 is 0.193 bits per heavy atom. The Kier molecular flexibility index (Phi) is 17.1. The molecule has 0 N–H and O–H groups in total. The predicted octanol–water partition coefficient (Wildman–Crippen LogP) is 25.0. The summed E-state index contributed by atoms with van der Waals surface area (Å²) in [7, 11) is 0. The van der Waals surface area contributed by atoms with Crippen LogP contribution in [-0.2, 0) is 0 Å². The lowest BCUT2D eigenvalue weighted by molar-refractivity contribution is 0.584. The molecule has 24 aromatic rings. The summed E-state index contributed by atoms with van der Waals surface area (Å²) in [4.78, 5) is 57.3. The van der Waals surface area contributed by atoms with Crippen LogP contribution in [0.1, 0.15) is 0 Å². The van der Waals surface area contributed by atoms with Crippen molar-refractivity contribution in [1.29, 1.82) is 0 Å². The molecule has 119 heavy (non-hydrogen) atoms. The second kappa shape index (κ2) is 29.5. The van der Waals surface area contributed by atoms with Crippen LogP contribution in [0.3, 0.4) is 0 Å². The van der Waals surface area contributed by atoms with Crippen LogP contribution >= 0.6 is 0 Å². The largest absolute Gasteiger partial charge is 0.416 e. The van der Waals surface area contributed by atoms with Gasteiger partial charge in [-0.05, 0) is 106 Å². The van der Waals surface area contributed by atoms with E-state index in [-0.39, 0.29) is 0 Å². The van der Waals surface area contributed by atoms with Gasteiger partial charge in [0.05, 0.1) is 61.4 Å². The highest BCUT2D eigenvalue weighted by atomic mass is 16.4. The number of para-hydroxylation sites is 1. The van der Waals surface area contributed by atoms with Crippen molar-refractivity contribution < 1.29 is 4.42 Å². The van der Waals surface area contributed by atoms with Crippen molar-refractivity contribution in [3.8, 4) is 102 Å². The van der Waals surface area contributed by atoms with Gasteiger partial charge in [0.25, 0.3) is 0 Å². The smallest absolute Gasteiger partial charge is 0.248 e. The third-order valence-corrected chi connectivity index (χ3v) is 22.1. The molecule has 15 heteroatoms. The van der Waals surface area contributed by atoms with Crippen molar-refractivity contribution in [2.45, 2.75) is 0 Å². The number of fused-ring (bicyclic) bond motifs is 20. The van der Waals surface area contributed by atoms with Crippen LogP contribution in [0.25, 0.3) is 232 Å². The highest BCUT2D eigenvalue weighted by molar-refractivity contribution is 6.23. The fraction of sp³-hybridized carbons (Fsp3) is 0. The van der Waals surface area contributed by atoms with E-state index >= 15 is 0 Å². The Morgan fingerprint density at radius 3 is 1.10 bits per heavy atom. The summed E-state index contributed by atoms with van der Waals surface area (Å²) in [6.07, 6.45) is 12.8. The molecular formula is C104H62N14O. The van der Waals surface area contributed by atoms with Crippen molar-refractivity contribution in [3.63, 3.8) is 0 Å². The molecule has 0 saturated heterocycles. The van der Waals surface area contributed by atoms with Gasteiger partial charge in [0.15, 0.2) is 17.5 Å². The molecule has 0 unspecified atom stereocenters. The van der Waals surface area contributed by atoms with Crippen molar-refractivity contribution in [2.24, 2.45) is 0 Å². The van der Waals surface area contributed by atoms with Gasteiger partial charge < -0.3 is 4.42 Å². The van der Waals surface area contributed by atoms with E-state index in [1.54, 1.807) is 12.4 Å². The zero-order chi connectivity index (χ0) is 78.7. The Balaban J connectivity index is 0.000000109. The number of nitrogens with zero attached hydrogens (tertiary/aromatic N) is 14. The Bertz CT molecular complexity index is 8040. The van der Waals surface area contributed by atoms with Crippen molar-refractivity contribution in [1.82, 2.24) is 70.0 Å². The predicted molar refractivity (Wildman–Crippen MR) is 480 cm³/mol. The maximum Gasteiger partial charge on any atom is 0.248 e. The van der Waals surface area contributed by atoms with Crippen LogP contribution < -0.4 is 0 Å². The van der Waals surface area contributed by atoms with Crippen LogP contribution in [-0.4, -0.2) is 70.0 Å². The molecule has 0 radical (unpaired) electrons. The average Bonchev–Trinajstić information content (AvgIpc) is 1.39. The van der Waals surface area contributed by atoms with Gasteiger partial charge in [0, 0.05) is 158 Å². The third-order valence-electron chi connectivity index (χ3n) is 22.1. The lowest BCUT2D eigenvalue weighted by Gasteiger charge is -2.11. The highest BCUT2D eigenvalue weighted by Gasteiger charge is 2.19. The topological polar surface area (TPSA) is 194 Å². The molecule has 0 fully saturated rings. The molecule has 11 heterocycles. The molecule has 554 valence electrons. The van der Waals surface area contributed by atoms with Crippen molar-refractivity contribution in [2.75, 3.05) is 0 Å². The van der Waals surface area contributed by atoms with E-state index in [0.29, 0.717) is 29.3 Å². The summed E-state index contributed by atoms with van der Waals surface area (Å²) in [6, 6.07) is 114. The van der Waals surface area contributed by atoms with Crippen LogP contribution in [0.2, 0.25) is 0 Å². The number of hydrogen-bond donors (Lipinski definition) is 0. The minimum Gasteiger partial charge on any atom is -0.416 e. The number of pyridine rings is 9. The van der Waals surface area contributed by atoms with E-state index < -0.39 is 0 Å². The van der Waals surface area contributed by atoms with Gasteiger partial charge in [-0.2, -0.15) is 0 Å². The standard InChI is InChI=1S/C41H25N5.C34H20N4.C29H17N5O/c1-3-8-29(9-4-1)39-44-40(30-10-5-2-6-11-30)46-41(45-39)31-15-13-26(14-16-31)36-24-19-28-18-21-33-32-20-17-27-12-7-25-42-37(27)34(32)22-23-35(33)38(28)43-36;1-2-6-30-23(4-1)18-25(20-36-30)24-10-15-31(37-19-24)32-16-9-22-8-12-27-26-11-7-21-5-3-17-35-33(21)28(26)13-14-29(27)34(22)38-32;1-2-20-7-5-19-6-8-21-11-12-24(32-27(21)25(19)26(20)31-15-1)18-3-9-22(10-4-18)28-33-34-29(35-28)23-13-16-30-17-14-23/h1-25H;1-20H;1-17H. The summed E-state index contributed by atoms with van der Waals surface area (Å²) >= 11 is 0. The number of hydrogen-bond acceptors (Lipinski definition) is 15. The summed E-state index contributed by atoms with van der Waals surface area (Å²) in [5, 5.41) is 27.7. The van der Waals surface area contributed by atoms with Crippen molar-refractivity contribution >= 4 is 130 Å². The minimum atomic E-state index is 0.468. The molecule has 24 rings (SSSR count). The summed E-state index contributed by atoms with van der Waals surface area (Å²) < 4.78 is 5.88. The molecule has 0 aliphatic heterocycles. The maximum absolute atomic E-state index is 5.88. The summed E-state index contributed by atoms with van der Waals surface area (Å²) in [5.41, 5.74) is 19.1. The fourth-order valence-electron chi connectivity index (χ4n) is 16.1. The van der Waals surface area contributed by atoms with Crippen LogP contribution in [0.4, 0.5) is 0 Å². The molecule has 0 saturated carbocycles. The zero-order valence-corrected chi connectivity index (χ0v) is 63.5. The summed E-state index contributed by atoms with van der Waals surface area (Å²) in [6.45, 7) is 0. The monoisotopic (exact) mass is 1520 g/mol. The van der Waals surface area contributed by atoms with E-state index in [1.807, 2.05) is 177 Å². The van der Waals surface area contributed by atoms with Gasteiger partial charge in [-0.25, -0.2) is 29.9 Å². The molecule has 11 aromatic heterocycles. The van der Waals surface area contributed by atoms with Gasteiger partial charge in [-0.15, -0.1) is 10.2 Å². The Labute approximate surface area is 679 Å². The quantitative estimate of drug-likeness (QED) is 0.124. The van der Waals surface area contributed by atoms with Crippen LogP contribution in [0, 0.1) is 0 Å². The number of rotatable bonds is 9. The molecule has 0 spiro atoms. The molecule has 13 aromatic carbocycles. The Hall–Kier alpha value is -16.5.